The minimum Gasteiger partial charge on any atom is -0.465 e. The van der Waals surface area contributed by atoms with Gasteiger partial charge in [0.1, 0.15) is 5.41 Å². The van der Waals surface area contributed by atoms with Crippen molar-refractivity contribution in [3.8, 4) is 12.1 Å². The zero-order chi connectivity index (χ0) is 18.9. The second kappa shape index (κ2) is 6.65. The first-order chi connectivity index (χ1) is 12.5. The first-order valence-corrected chi connectivity index (χ1v) is 8.75. The zero-order valence-corrected chi connectivity index (χ0v) is 15.4. The summed E-state index contributed by atoms with van der Waals surface area (Å²) >= 11 is 12.3. The van der Waals surface area contributed by atoms with E-state index in [0.717, 1.165) is 0 Å². The van der Waals surface area contributed by atoms with E-state index in [-0.39, 0.29) is 6.61 Å². The summed E-state index contributed by atoms with van der Waals surface area (Å²) in [6.45, 7) is 1.77. The molecule has 26 heavy (non-hydrogen) atoms. The molecule has 0 aliphatic heterocycles. The van der Waals surface area contributed by atoms with Crippen LogP contribution >= 0.6 is 23.2 Å². The molecule has 0 spiro atoms. The lowest BCUT2D eigenvalue weighted by Gasteiger charge is -2.13. The molecule has 1 aliphatic rings. The topological polar surface area (TPSA) is 73.9 Å². The van der Waals surface area contributed by atoms with E-state index in [0.29, 0.717) is 21.2 Å². The SMILES string of the molecule is CCOC(=O)[C@@]1(C#N)[C@H](c2ccccc2Cl)[C@]1(C#N)c1ccc(Cl)cc1. The molecular formula is C20H14Cl2N2O2. The number of hydrogen-bond acceptors (Lipinski definition) is 4. The van der Waals surface area contributed by atoms with E-state index in [1.807, 2.05) is 0 Å². The molecule has 1 aliphatic carbocycles. The first-order valence-electron chi connectivity index (χ1n) is 7.99. The van der Waals surface area contributed by atoms with E-state index in [1.54, 1.807) is 55.5 Å². The second-order valence-corrected chi connectivity index (χ2v) is 6.87. The largest absolute Gasteiger partial charge is 0.465 e. The monoisotopic (exact) mass is 384 g/mol. The number of rotatable bonds is 4. The molecule has 0 unspecified atom stereocenters. The molecule has 0 amide bonds. The maximum Gasteiger partial charge on any atom is 0.329 e. The summed E-state index contributed by atoms with van der Waals surface area (Å²) in [5.41, 5.74) is -1.97. The predicted molar refractivity (Wildman–Crippen MR) is 97.6 cm³/mol. The molecule has 0 bridgehead atoms. The highest BCUT2D eigenvalue weighted by Crippen LogP contribution is 2.75. The van der Waals surface area contributed by atoms with Crippen molar-refractivity contribution in [2.75, 3.05) is 6.61 Å². The van der Waals surface area contributed by atoms with Crippen LogP contribution in [0.1, 0.15) is 24.0 Å². The third kappa shape index (κ3) is 2.31. The van der Waals surface area contributed by atoms with Crippen molar-refractivity contribution in [3.63, 3.8) is 0 Å². The molecule has 0 aromatic heterocycles. The van der Waals surface area contributed by atoms with Gasteiger partial charge in [-0.3, -0.25) is 4.79 Å². The van der Waals surface area contributed by atoms with Crippen molar-refractivity contribution >= 4 is 29.2 Å². The number of benzene rings is 2. The van der Waals surface area contributed by atoms with Crippen LogP contribution in [0.25, 0.3) is 0 Å². The molecule has 130 valence electrons. The van der Waals surface area contributed by atoms with Gasteiger partial charge >= 0.3 is 5.97 Å². The Morgan fingerprint density at radius 1 is 1.12 bits per heavy atom. The third-order valence-electron chi connectivity index (χ3n) is 4.87. The number of carbonyl (C=O) groups excluding carboxylic acids is 1. The molecule has 0 saturated heterocycles. The number of esters is 1. The van der Waals surface area contributed by atoms with Crippen LogP contribution in [0.4, 0.5) is 0 Å². The van der Waals surface area contributed by atoms with Gasteiger partial charge in [0.25, 0.3) is 0 Å². The zero-order valence-electron chi connectivity index (χ0n) is 13.9. The first kappa shape index (κ1) is 18.3. The standard InChI is InChI=1S/C20H14Cl2N2O2/c1-2-26-18(25)20(12-24)17(15-5-3-4-6-16(15)22)19(20,11-23)13-7-9-14(21)10-8-13/h3-10,17H,2H2,1H3/t17-,19+,20-/m1/s1. The molecule has 4 nitrogen and oxygen atoms in total. The number of hydrogen-bond donors (Lipinski definition) is 0. The highest BCUT2D eigenvalue weighted by atomic mass is 35.5. The molecule has 0 radical (unpaired) electrons. The maximum absolute atomic E-state index is 12.8. The number of carbonyl (C=O) groups is 1. The smallest absolute Gasteiger partial charge is 0.329 e. The molecule has 0 heterocycles. The Morgan fingerprint density at radius 2 is 1.77 bits per heavy atom. The van der Waals surface area contributed by atoms with Crippen LogP contribution in [-0.4, -0.2) is 12.6 Å². The van der Waals surface area contributed by atoms with E-state index in [9.17, 15) is 15.3 Å². The molecule has 3 atom stereocenters. The fourth-order valence-corrected chi connectivity index (χ4v) is 4.07. The molecule has 1 saturated carbocycles. The summed E-state index contributed by atoms with van der Waals surface area (Å²) in [6, 6.07) is 17.8. The minimum atomic E-state index is -1.67. The van der Waals surface area contributed by atoms with E-state index in [4.69, 9.17) is 27.9 Å². The predicted octanol–water partition coefficient (Wildman–Crippen LogP) is 4.63. The summed E-state index contributed by atoms with van der Waals surface area (Å²) in [5.74, 6) is -1.46. The van der Waals surface area contributed by atoms with E-state index in [2.05, 4.69) is 12.1 Å². The average molecular weight is 385 g/mol. The summed E-state index contributed by atoms with van der Waals surface area (Å²) in [4.78, 5) is 12.8. The van der Waals surface area contributed by atoms with Gasteiger partial charge in [0.15, 0.2) is 5.41 Å². The Hall–Kier alpha value is -2.53. The Morgan fingerprint density at radius 3 is 2.31 bits per heavy atom. The van der Waals surface area contributed by atoms with Crippen molar-refractivity contribution in [2.45, 2.75) is 18.3 Å². The fraction of sp³-hybridized carbons (Fsp3) is 0.250. The van der Waals surface area contributed by atoms with Crippen LogP contribution in [0.15, 0.2) is 48.5 Å². The fourth-order valence-electron chi connectivity index (χ4n) is 3.70. The van der Waals surface area contributed by atoms with Gasteiger partial charge in [0.2, 0.25) is 0 Å². The average Bonchev–Trinajstić information content (AvgIpc) is 3.27. The lowest BCUT2D eigenvalue weighted by molar-refractivity contribution is -0.148. The maximum atomic E-state index is 12.8. The Kier molecular flexibility index (Phi) is 4.67. The van der Waals surface area contributed by atoms with E-state index < -0.39 is 22.7 Å². The molecule has 0 N–H and O–H groups in total. The molecule has 1 fully saturated rings. The minimum absolute atomic E-state index is 0.111. The van der Waals surface area contributed by atoms with Gasteiger partial charge in [-0.25, -0.2) is 0 Å². The lowest BCUT2D eigenvalue weighted by Crippen LogP contribution is -2.26. The van der Waals surface area contributed by atoms with Crippen LogP contribution in [-0.2, 0) is 14.9 Å². The summed E-state index contributed by atoms with van der Waals surface area (Å²) in [7, 11) is 0. The van der Waals surface area contributed by atoms with Crippen molar-refractivity contribution < 1.29 is 9.53 Å². The second-order valence-electron chi connectivity index (χ2n) is 6.02. The van der Waals surface area contributed by atoms with E-state index in [1.165, 1.54) is 0 Å². The Bertz CT molecular complexity index is 946. The number of ether oxygens (including phenoxy) is 1. The summed E-state index contributed by atoms with van der Waals surface area (Å²) in [5, 5.41) is 21.0. The molecule has 6 heteroatoms. The molecule has 2 aromatic rings. The molecule has 3 rings (SSSR count). The van der Waals surface area contributed by atoms with Crippen LogP contribution in [0.5, 0.6) is 0 Å². The van der Waals surface area contributed by atoms with Crippen LogP contribution in [0, 0.1) is 28.1 Å². The van der Waals surface area contributed by atoms with Gasteiger partial charge in [0.05, 0.1) is 18.7 Å². The number of nitriles is 2. The van der Waals surface area contributed by atoms with Gasteiger partial charge in [0, 0.05) is 16.0 Å². The number of nitrogens with zero attached hydrogens (tertiary/aromatic N) is 2. The quantitative estimate of drug-likeness (QED) is 0.720. The highest BCUT2D eigenvalue weighted by molar-refractivity contribution is 6.31. The van der Waals surface area contributed by atoms with Gasteiger partial charge in [-0.1, -0.05) is 53.5 Å². The van der Waals surface area contributed by atoms with Gasteiger partial charge < -0.3 is 4.74 Å². The van der Waals surface area contributed by atoms with Gasteiger partial charge in [-0.2, -0.15) is 10.5 Å². The molecular weight excluding hydrogens is 371 g/mol. The third-order valence-corrected chi connectivity index (χ3v) is 5.47. The van der Waals surface area contributed by atoms with Crippen molar-refractivity contribution in [3.05, 3.63) is 69.7 Å². The summed E-state index contributed by atoms with van der Waals surface area (Å²) < 4.78 is 5.17. The molecule has 2 aromatic carbocycles. The van der Waals surface area contributed by atoms with Crippen molar-refractivity contribution in [1.29, 1.82) is 10.5 Å². The van der Waals surface area contributed by atoms with Crippen LogP contribution in [0.3, 0.4) is 0 Å². The van der Waals surface area contributed by atoms with Crippen molar-refractivity contribution in [1.82, 2.24) is 0 Å². The van der Waals surface area contributed by atoms with Gasteiger partial charge in [-0.15, -0.1) is 0 Å². The highest BCUT2D eigenvalue weighted by Gasteiger charge is 2.85. The number of halogens is 2. The van der Waals surface area contributed by atoms with Crippen molar-refractivity contribution in [2.24, 2.45) is 5.41 Å². The van der Waals surface area contributed by atoms with Crippen LogP contribution < -0.4 is 0 Å². The normalized spacial score (nSPS) is 26.4. The van der Waals surface area contributed by atoms with Gasteiger partial charge in [-0.05, 0) is 36.2 Å². The van der Waals surface area contributed by atoms with E-state index >= 15 is 0 Å². The van der Waals surface area contributed by atoms with Crippen LogP contribution in [0.2, 0.25) is 10.0 Å². The Labute approximate surface area is 161 Å². The Balaban J connectivity index is 2.27. The summed E-state index contributed by atoms with van der Waals surface area (Å²) in [6.07, 6.45) is 0. The lowest BCUT2D eigenvalue weighted by atomic mass is 9.87.